The fourth-order valence-corrected chi connectivity index (χ4v) is 2.23. The standard InChI is InChI=1S/C16H21NO2/c1-4-5-6-14-9-12(11-18)15-8-7-13(17(2)3)10-16(15)19-14/h7-12H,4-6H2,1-3H3. The van der Waals surface area contributed by atoms with Crippen LogP contribution in [-0.2, 0) is 4.79 Å². The van der Waals surface area contributed by atoms with Crippen LogP contribution in [-0.4, -0.2) is 20.4 Å². The van der Waals surface area contributed by atoms with Crippen LogP contribution in [0.15, 0.2) is 30.0 Å². The van der Waals surface area contributed by atoms with Crippen LogP contribution in [0.5, 0.6) is 5.75 Å². The van der Waals surface area contributed by atoms with E-state index < -0.39 is 0 Å². The van der Waals surface area contributed by atoms with Crippen LogP contribution in [0.2, 0.25) is 0 Å². The van der Waals surface area contributed by atoms with Crippen LogP contribution < -0.4 is 9.64 Å². The molecule has 1 aliphatic heterocycles. The molecule has 1 aromatic rings. The van der Waals surface area contributed by atoms with E-state index in [0.29, 0.717) is 0 Å². The number of aldehydes is 1. The zero-order chi connectivity index (χ0) is 13.8. The molecule has 1 aromatic carbocycles. The first kappa shape index (κ1) is 13.7. The summed E-state index contributed by atoms with van der Waals surface area (Å²) in [6, 6.07) is 6.01. The lowest BCUT2D eigenvalue weighted by Gasteiger charge is -2.24. The van der Waals surface area contributed by atoms with Crippen molar-refractivity contribution in [3.8, 4) is 5.75 Å². The summed E-state index contributed by atoms with van der Waals surface area (Å²) in [6.45, 7) is 2.15. The van der Waals surface area contributed by atoms with Gasteiger partial charge in [0.1, 0.15) is 17.8 Å². The van der Waals surface area contributed by atoms with Gasteiger partial charge in [0.2, 0.25) is 0 Å². The Bertz CT molecular complexity index is 492. The third-order valence-electron chi connectivity index (χ3n) is 3.40. The summed E-state index contributed by atoms with van der Waals surface area (Å²) < 4.78 is 5.93. The average Bonchev–Trinajstić information content (AvgIpc) is 2.43. The summed E-state index contributed by atoms with van der Waals surface area (Å²) in [5.41, 5.74) is 2.04. The predicted molar refractivity (Wildman–Crippen MR) is 77.8 cm³/mol. The van der Waals surface area contributed by atoms with Crippen molar-refractivity contribution in [1.29, 1.82) is 0 Å². The third kappa shape index (κ3) is 2.98. The maximum Gasteiger partial charge on any atom is 0.133 e. The second-order valence-electron chi connectivity index (χ2n) is 5.12. The van der Waals surface area contributed by atoms with Crippen molar-refractivity contribution in [3.63, 3.8) is 0 Å². The van der Waals surface area contributed by atoms with E-state index in [2.05, 4.69) is 6.92 Å². The highest BCUT2D eigenvalue weighted by Crippen LogP contribution is 2.36. The monoisotopic (exact) mass is 259 g/mol. The lowest BCUT2D eigenvalue weighted by Crippen LogP contribution is -2.13. The number of hydrogen-bond donors (Lipinski definition) is 0. The molecule has 19 heavy (non-hydrogen) atoms. The summed E-state index contributed by atoms with van der Waals surface area (Å²) in [6.07, 6.45) is 6.03. The van der Waals surface area contributed by atoms with Gasteiger partial charge in [-0.15, -0.1) is 0 Å². The molecule has 0 N–H and O–H groups in total. The highest BCUT2D eigenvalue weighted by Gasteiger charge is 2.21. The Morgan fingerprint density at radius 1 is 1.37 bits per heavy atom. The number of unbranched alkanes of at least 4 members (excludes halogenated alkanes) is 1. The Hall–Kier alpha value is -1.77. The Morgan fingerprint density at radius 2 is 2.16 bits per heavy atom. The van der Waals surface area contributed by atoms with E-state index >= 15 is 0 Å². The SMILES string of the molecule is CCCCC1=CC(C=O)c2ccc(N(C)C)cc2O1. The molecule has 1 heterocycles. The number of carbonyl (C=O) groups excluding carboxylic acids is 1. The minimum Gasteiger partial charge on any atom is -0.462 e. The molecular weight excluding hydrogens is 238 g/mol. The van der Waals surface area contributed by atoms with E-state index in [4.69, 9.17) is 4.74 Å². The Labute approximate surface area is 114 Å². The van der Waals surface area contributed by atoms with Crippen molar-refractivity contribution in [2.45, 2.75) is 32.1 Å². The molecule has 0 saturated heterocycles. The van der Waals surface area contributed by atoms with Gasteiger partial charge < -0.3 is 14.4 Å². The topological polar surface area (TPSA) is 29.5 Å². The maximum atomic E-state index is 11.3. The number of carbonyl (C=O) groups is 1. The van der Waals surface area contributed by atoms with Crippen molar-refractivity contribution < 1.29 is 9.53 Å². The van der Waals surface area contributed by atoms with Crippen LogP contribution >= 0.6 is 0 Å². The Kier molecular flexibility index (Phi) is 4.25. The van der Waals surface area contributed by atoms with Crippen molar-refractivity contribution in [2.75, 3.05) is 19.0 Å². The Morgan fingerprint density at radius 3 is 2.79 bits per heavy atom. The molecule has 0 radical (unpaired) electrons. The number of anilines is 1. The molecule has 3 nitrogen and oxygen atoms in total. The summed E-state index contributed by atoms with van der Waals surface area (Å²) in [4.78, 5) is 13.3. The molecular formula is C16H21NO2. The highest BCUT2D eigenvalue weighted by atomic mass is 16.5. The van der Waals surface area contributed by atoms with Gasteiger partial charge in [-0.3, -0.25) is 0 Å². The largest absolute Gasteiger partial charge is 0.462 e. The lowest BCUT2D eigenvalue weighted by atomic mass is 9.95. The molecule has 1 unspecified atom stereocenters. The van der Waals surface area contributed by atoms with Gasteiger partial charge in [0.05, 0.1) is 5.92 Å². The quantitative estimate of drug-likeness (QED) is 0.758. The minimum atomic E-state index is -0.174. The van der Waals surface area contributed by atoms with E-state index in [1.54, 1.807) is 0 Å². The number of benzene rings is 1. The van der Waals surface area contributed by atoms with Gasteiger partial charge in [-0.2, -0.15) is 0 Å². The molecule has 0 saturated carbocycles. The molecule has 0 bridgehead atoms. The van der Waals surface area contributed by atoms with Gasteiger partial charge in [0.25, 0.3) is 0 Å². The van der Waals surface area contributed by atoms with Gasteiger partial charge in [-0.05, 0) is 18.6 Å². The molecule has 0 fully saturated rings. The van der Waals surface area contributed by atoms with Crippen LogP contribution in [0.25, 0.3) is 0 Å². The first-order valence-corrected chi connectivity index (χ1v) is 6.80. The molecule has 3 heteroatoms. The zero-order valence-corrected chi connectivity index (χ0v) is 11.8. The van der Waals surface area contributed by atoms with Crippen LogP contribution in [0.4, 0.5) is 5.69 Å². The highest BCUT2D eigenvalue weighted by molar-refractivity contribution is 5.70. The zero-order valence-electron chi connectivity index (χ0n) is 11.8. The lowest BCUT2D eigenvalue weighted by molar-refractivity contribution is -0.108. The van der Waals surface area contributed by atoms with E-state index in [-0.39, 0.29) is 5.92 Å². The van der Waals surface area contributed by atoms with E-state index in [9.17, 15) is 4.79 Å². The van der Waals surface area contributed by atoms with Crippen molar-refractivity contribution >= 4 is 12.0 Å². The number of hydrogen-bond acceptors (Lipinski definition) is 3. The Balaban J connectivity index is 2.30. The van der Waals surface area contributed by atoms with Gasteiger partial charge >= 0.3 is 0 Å². The first-order valence-electron chi connectivity index (χ1n) is 6.80. The summed E-state index contributed by atoms with van der Waals surface area (Å²) in [7, 11) is 3.99. The summed E-state index contributed by atoms with van der Waals surface area (Å²) in [5.74, 6) is 1.56. The number of fused-ring (bicyclic) bond motifs is 1. The van der Waals surface area contributed by atoms with Crippen molar-refractivity contribution in [2.24, 2.45) is 0 Å². The van der Waals surface area contributed by atoms with Crippen LogP contribution in [0.1, 0.15) is 37.7 Å². The fraction of sp³-hybridized carbons (Fsp3) is 0.438. The third-order valence-corrected chi connectivity index (χ3v) is 3.40. The van der Waals surface area contributed by atoms with Gasteiger partial charge in [-0.1, -0.05) is 19.4 Å². The predicted octanol–water partition coefficient (Wildman–Crippen LogP) is 3.50. The molecule has 0 spiro atoms. The molecule has 1 aliphatic rings. The fourth-order valence-electron chi connectivity index (χ4n) is 2.23. The number of nitrogens with zero attached hydrogens (tertiary/aromatic N) is 1. The van der Waals surface area contributed by atoms with Crippen molar-refractivity contribution in [1.82, 2.24) is 0 Å². The van der Waals surface area contributed by atoms with Gasteiger partial charge in [0.15, 0.2) is 0 Å². The molecule has 0 aromatic heterocycles. The van der Waals surface area contributed by atoms with Gasteiger partial charge in [-0.25, -0.2) is 0 Å². The number of allylic oxidation sites excluding steroid dienone is 2. The summed E-state index contributed by atoms with van der Waals surface area (Å²) >= 11 is 0. The number of rotatable bonds is 5. The normalized spacial score (nSPS) is 17.2. The van der Waals surface area contributed by atoms with E-state index in [0.717, 1.165) is 48.3 Å². The van der Waals surface area contributed by atoms with Crippen molar-refractivity contribution in [3.05, 3.63) is 35.6 Å². The minimum absolute atomic E-state index is 0.174. The molecule has 1 atom stereocenters. The molecule has 2 rings (SSSR count). The summed E-state index contributed by atoms with van der Waals surface area (Å²) in [5, 5.41) is 0. The van der Waals surface area contributed by atoms with Gasteiger partial charge in [0, 0.05) is 37.8 Å². The number of ether oxygens (including phenoxy) is 1. The average molecular weight is 259 g/mol. The van der Waals surface area contributed by atoms with Crippen LogP contribution in [0, 0.1) is 0 Å². The smallest absolute Gasteiger partial charge is 0.133 e. The van der Waals surface area contributed by atoms with E-state index in [1.807, 2.05) is 43.3 Å². The maximum absolute atomic E-state index is 11.3. The van der Waals surface area contributed by atoms with Crippen LogP contribution in [0.3, 0.4) is 0 Å². The second-order valence-corrected chi connectivity index (χ2v) is 5.12. The molecule has 102 valence electrons. The molecule has 0 aliphatic carbocycles. The first-order chi connectivity index (χ1) is 9.15. The second kappa shape index (κ2) is 5.91. The molecule has 0 amide bonds. The van der Waals surface area contributed by atoms with E-state index in [1.165, 1.54) is 0 Å².